The van der Waals surface area contributed by atoms with Gasteiger partial charge in [0.25, 0.3) is 10.0 Å². The summed E-state index contributed by atoms with van der Waals surface area (Å²) in [7, 11) is -2.01. The molecule has 3 nitrogen and oxygen atoms in total. The van der Waals surface area contributed by atoms with Crippen LogP contribution in [0.1, 0.15) is 16.0 Å². The van der Waals surface area contributed by atoms with E-state index in [9.17, 15) is 8.42 Å². The Morgan fingerprint density at radius 1 is 1.30 bits per heavy atom. The summed E-state index contributed by atoms with van der Waals surface area (Å²) in [5, 5.41) is 1.83. The number of anilines is 1. The number of hydrogen-bond acceptors (Lipinski definition) is 3. The van der Waals surface area contributed by atoms with Crippen molar-refractivity contribution >= 4 is 38.6 Å². The summed E-state index contributed by atoms with van der Waals surface area (Å²) in [5.41, 5.74) is 2.41. The minimum absolute atomic E-state index is 0.203. The lowest BCUT2D eigenvalue weighted by Crippen LogP contribution is -2.27. The second-order valence-electron chi connectivity index (χ2n) is 4.62. The maximum atomic E-state index is 12.8. The lowest BCUT2D eigenvalue weighted by molar-refractivity contribution is 0.593. The molecule has 0 atom stereocenters. The molecule has 0 fully saturated rings. The molecule has 20 heavy (non-hydrogen) atoms. The Bertz CT molecular complexity index is 723. The predicted octanol–water partition coefficient (Wildman–Crippen LogP) is 3.93. The van der Waals surface area contributed by atoms with Crippen LogP contribution in [0, 0.1) is 13.8 Å². The third-order valence-electron chi connectivity index (χ3n) is 3.09. The summed E-state index contributed by atoms with van der Waals surface area (Å²) >= 11 is 7.24. The molecule has 0 N–H and O–H groups in total. The number of rotatable bonds is 4. The number of hydrogen-bond donors (Lipinski definition) is 0. The third kappa shape index (κ3) is 2.71. The standard InChI is InChI=1S/C14H16ClNO2S2/c1-10-5-4-6-12(7-10)16(3)20(17,18)14-11(2)9-19-13(14)8-15/h4-7,9H,8H2,1-3H3. The number of aryl methyl sites for hydroxylation is 2. The highest BCUT2D eigenvalue weighted by molar-refractivity contribution is 7.93. The molecule has 0 saturated heterocycles. The Kier molecular flexibility index (Phi) is 4.42. The van der Waals surface area contributed by atoms with Crippen molar-refractivity contribution < 1.29 is 8.42 Å². The fourth-order valence-electron chi connectivity index (χ4n) is 2.03. The van der Waals surface area contributed by atoms with Gasteiger partial charge in [0.15, 0.2) is 0 Å². The topological polar surface area (TPSA) is 37.4 Å². The van der Waals surface area contributed by atoms with E-state index in [0.29, 0.717) is 15.5 Å². The molecule has 0 amide bonds. The smallest absolute Gasteiger partial charge is 0.265 e. The van der Waals surface area contributed by atoms with E-state index in [1.165, 1.54) is 15.6 Å². The first-order valence-electron chi connectivity index (χ1n) is 6.06. The largest absolute Gasteiger partial charge is 0.269 e. The van der Waals surface area contributed by atoms with Gasteiger partial charge in [0.05, 0.1) is 11.6 Å². The van der Waals surface area contributed by atoms with E-state index in [2.05, 4.69) is 0 Å². The molecule has 108 valence electrons. The Hall–Kier alpha value is -1.04. The molecule has 0 unspecified atom stereocenters. The monoisotopic (exact) mass is 329 g/mol. The summed E-state index contributed by atoms with van der Waals surface area (Å²) in [6, 6.07) is 7.41. The molecule has 6 heteroatoms. The van der Waals surface area contributed by atoms with Crippen molar-refractivity contribution in [3.8, 4) is 0 Å². The van der Waals surface area contributed by atoms with Crippen LogP contribution in [0.15, 0.2) is 34.5 Å². The predicted molar refractivity (Wildman–Crippen MR) is 85.4 cm³/mol. The van der Waals surface area contributed by atoms with Crippen LogP contribution in [0.3, 0.4) is 0 Å². The highest BCUT2D eigenvalue weighted by atomic mass is 35.5. The summed E-state index contributed by atoms with van der Waals surface area (Å²) in [5.74, 6) is 0.203. The Morgan fingerprint density at radius 3 is 2.60 bits per heavy atom. The zero-order valence-corrected chi connectivity index (χ0v) is 13.9. The van der Waals surface area contributed by atoms with Gasteiger partial charge < -0.3 is 0 Å². The number of alkyl halides is 1. The van der Waals surface area contributed by atoms with Gasteiger partial charge in [0.1, 0.15) is 4.90 Å². The van der Waals surface area contributed by atoms with Crippen molar-refractivity contribution in [2.24, 2.45) is 0 Å². The lowest BCUT2D eigenvalue weighted by atomic mass is 10.2. The summed E-state index contributed by atoms with van der Waals surface area (Å²) in [4.78, 5) is 1.02. The molecule has 2 aromatic rings. The van der Waals surface area contributed by atoms with E-state index >= 15 is 0 Å². The van der Waals surface area contributed by atoms with E-state index in [-0.39, 0.29) is 5.88 Å². The average molecular weight is 330 g/mol. The van der Waals surface area contributed by atoms with E-state index < -0.39 is 10.0 Å². The van der Waals surface area contributed by atoms with Gasteiger partial charge in [0.2, 0.25) is 0 Å². The molecule has 2 rings (SSSR count). The quantitative estimate of drug-likeness (QED) is 0.797. The molecule has 0 radical (unpaired) electrons. The molecule has 0 bridgehead atoms. The molecular formula is C14H16ClNO2S2. The third-order valence-corrected chi connectivity index (χ3v) is 6.77. The van der Waals surface area contributed by atoms with Crippen molar-refractivity contribution in [3.05, 3.63) is 45.6 Å². The fraction of sp³-hybridized carbons (Fsp3) is 0.286. The zero-order chi connectivity index (χ0) is 14.9. The van der Waals surface area contributed by atoms with Crippen molar-refractivity contribution in [2.75, 3.05) is 11.4 Å². The number of benzene rings is 1. The molecule has 1 aromatic heterocycles. The highest BCUT2D eigenvalue weighted by Gasteiger charge is 2.27. The van der Waals surface area contributed by atoms with Gasteiger partial charge in [-0.05, 0) is 42.5 Å². The van der Waals surface area contributed by atoms with Gasteiger partial charge in [0, 0.05) is 11.9 Å². The molecule has 0 aliphatic carbocycles. The van der Waals surface area contributed by atoms with Crippen LogP contribution < -0.4 is 4.31 Å². The van der Waals surface area contributed by atoms with Crippen LogP contribution in [0.5, 0.6) is 0 Å². The number of thiophene rings is 1. The van der Waals surface area contributed by atoms with Crippen LogP contribution in [-0.4, -0.2) is 15.5 Å². The maximum absolute atomic E-state index is 12.8. The molecule has 1 heterocycles. The first kappa shape index (κ1) is 15.4. The van der Waals surface area contributed by atoms with Crippen LogP contribution in [-0.2, 0) is 15.9 Å². The Labute approximate surface area is 128 Å². The number of halogens is 1. The Balaban J connectivity index is 2.52. The SMILES string of the molecule is Cc1cccc(N(C)S(=O)(=O)c2c(C)csc2CCl)c1. The Morgan fingerprint density at radius 2 is 2.00 bits per heavy atom. The van der Waals surface area contributed by atoms with Crippen LogP contribution in [0.2, 0.25) is 0 Å². The molecule has 1 aromatic carbocycles. The first-order chi connectivity index (χ1) is 9.37. The minimum atomic E-state index is -3.58. The molecule has 0 spiro atoms. The summed E-state index contributed by atoms with van der Waals surface area (Å²) in [6.07, 6.45) is 0. The number of nitrogens with zero attached hydrogens (tertiary/aromatic N) is 1. The summed E-state index contributed by atoms with van der Waals surface area (Å²) in [6.45, 7) is 3.73. The van der Waals surface area contributed by atoms with E-state index in [1.54, 1.807) is 20.0 Å². The van der Waals surface area contributed by atoms with Crippen LogP contribution >= 0.6 is 22.9 Å². The lowest BCUT2D eigenvalue weighted by Gasteiger charge is -2.20. The van der Waals surface area contributed by atoms with Gasteiger partial charge in [-0.2, -0.15) is 0 Å². The van der Waals surface area contributed by atoms with E-state index in [4.69, 9.17) is 11.6 Å². The van der Waals surface area contributed by atoms with Gasteiger partial charge in [-0.3, -0.25) is 4.31 Å². The van der Waals surface area contributed by atoms with Crippen molar-refractivity contribution in [1.82, 2.24) is 0 Å². The van der Waals surface area contributed by atoms with E-state index in [0.717, 1.165) is 11.1 Å². The zero-order valence-electron chi connectivity index (χ0n) is 11.6. The van der Waals surface area contributed by atoms with Crippen molar-refractivity contribution in [1.29, 1.82) is 0 Å². The molecule has 0 saturated carbocycles. The fourth-order valence-corrected chi connectivity index (χ4v) is 5.22. The summed E-state index contributed by atoms with van der Waals surface area (Å²) < 4.78 is 26.9. The number of sulfonamides is 1. The van der Waals surface area contributed by atoms with Gasteiger partial charge in [-0.1, -0.05) is 12.1 Å². The van der Waals surface area contributed by atoms with Gasteiger partial charge in [-0.15, -0.1) is 22.9 Å². The van der Waals surface area contributed by atoms with E-state index in [1.807, 2.05) is 30.5 Å². The van der Waals surface area contributed by atoms with Gasteiger partial charge >= 0.3 is 0 Å². The van der Waals surface area contributed by atoms with Gasteiger partial charge in [-0.25, -0.2) is 8.42 Å². The minimum Gasteiger partial charge on any atom is -0.269 e. The van der Waals surface area contributed by atoms with Crippen LogP contribution in [0.4, 0.5) is 5.69 Å². The van der Waals surface area contributed by atoms with Crippen molar-refractivity contribution in [3.63, 3.8) is 0 Å². The average Bonchev–Trinajstić information content (AvgIpc) is 2.79. The first-order valence-corrected chi connectivity index (χ1v) is 8.92. The second-order valence-corrected chi connectivity index (χ2v) is 7.75. The highest BCUT2D eigenvalue weighted by Crippen LogP contribution is 2.32. The molecule has 0 aliphatic rings. The van der Waals surface area contributed by atoms with Crippen LogP contribution in [0.25, 0.3) is 0 Å². The maximum Gasteiger partial charge on any atom is 0.265 e. The van der Waals surface area contributed by atoms with Crippen molar-refractivity contribution in [2.45, 2.75) is 24.6 Å². The molecule has 0 aliphatic heterocycles. The molecular weight excluding hydrogens is 314 g/mol. The normalized spacial score (nSPS) is 11.6. The second kappa shape index (κ2) is 5.76.